The number of hydrogen-bond donors (Lipinski definition) is 3. The second-order valence-electron chi connectivity index (χ2n) is 5.88. The number of H-pyrrole nitrogens is 1. The minimum atomic E-state index is -0.882. The minimum Gasteiger partial charge on any atom is -0.477 e. The fourth-order valence-corrected chi connectivity index (χ4v) is 3.36. The van der Waals surface area contributed by atoms with Gasteiger partial charge in [0.05, 0.1) is 17.4 Å². The van der Waals surface area contributed by atoms with Gasteiger partial charge in [-0.3, -0.25) is 5.10 Å². The van der Waals surface area contributed by atoms with E-state index >= 15 is 0 Å². The first-order valence-electron chi connectivity index (χ1n) is 7.84. The lowest BCUT2D eigenvalue weighted by Gasteiger charge is -2.11. The quantitative estimate of drug-likeness (QED) is 0.645. The average molecular weight is 310 g/mol. The minimum absolute atomic E-state index is 0.352. The van der Waals surface area contributed by atoms with E-state index in [0.29, 0.717) is 12.2 Å². The number of aryl methyl sites for hydroxylation is 1. The summed E-state index contributed by atoms with van der Waals surface area (Å²) in [5.41, 5.74) is 4.42. The van der Waals surface area contributed by atoms with Gasteiger partial charge in [0.1, 0.15) is 5.69 Å². The number of fused-ring (bicyclic) bond motifs is 2. The van der Waals surface area contributed by atoms with Crippen LogP contribution in [0, 0.1) is 0 Å². The first kappa shape index (κ1) is 14.0. The van der Waals surface area contributed by atoms with E-state index in [1.54, 1.807) is 6.07 Å². The molecular formula is C17H18N4O2. The largest absolute Gasteiger partial charge is 0.477 e. The number of carboxylic acids is 1. The van der Waals surface area contributed by atoms with Crippen LogP contribution >= 0.6 is 0 Å². The van der Waals surface area contributed by atoms with Crippen LogP contribution in [0.2, 0.25) is 0 Å². The molecule has 6 heteroatoms. The molecule has 3 heterocycles. The van der Waals surface area contributed by atoms with E-state index in [9.17, 15) is 9.90 Å². The van der Waals surface area contributed by atoms with E-state index in [0.717, 1.165) is 53.7 Å². The third kappa shape index (κ3) is 2.31. The summed E-state index contributed by atoms with van der Waals surface area (Å²) in [7, 11) is 0. The number of aromatic carboxylic acids is 1. The summed E-state index contributed by atoms with van der Waals surface area (Å²) >= 11 is 0. The highest BCUT2D eigenvalue weighted by Crippen LogP contribution is 2.33. The molecule has 0 aliphatic carbocycles. The van der Waals surface area contributed by atoms with Gasteiger partial charge in [0.2, 0.25) is 0 Å². The van der Waals surface area contributed by atoms with Crippen LogP contribution in [0.5, 0.6) is 0 Å². The van der Waals surface area contributed by atoms with Gasteiger partial charge in [0.25, 0.3) is 0 Å². The number of rotatable bonds is 1. The van der Waals surface area contributed by atoms with Gasteiger partial charge in [-0.05, 0) is 25.5 Å². The Morgan fingerprint density at radius 3 is 3.04 bits per heavy atom. The van der Waals surface area contributed by atoms with Crippen molar-refractivity contribution in [3.05, 3.63) is 41.9 Å². The highest BCUT2D eigenvalue weighted by atomic mass is 16.4. The number of hydrogen-bond acceptors (Lipinski definition) is 3. The van der Waals surface area contributed by atoms with E-state index < -0.39 is 5.97 Å². The van der Waals surface area contributed by atoms with Crippen molar-refractivity contribution >= 4 is 16.9 Å². The van der Waals surface area contributed by atoms with Crippen LogP contribution in [-0.2, 0) is 13.1 Å². The third-order valence-electron chi connectivity index (χ3n) is 4.43. The maximum atomic E-state index is 11.6. The molecule has 0 saturated carbocycles. The van der Waals surface area contributed by atoms with Crippen LogP contribution in [0.15, 0.2) is 30.5 Å². The van der Waals surface area contributed by atoms with Crippen molar-refractivity contribution in [1.82, 2.24) is 20.1 Å². The van der Waals surface area contributed by atoms with Crippen LogP contribution < -0.4 is 5.32 Å². The molecule has 0 bridgehead atoms. The van der Waals surface area contributed by atoms with E-state index in [1.165, 1.54) is 0 Å². The highest BCUT2D eigenvalue weighted by Gasteiger charge is 2.19. The molecule has 1 aromatic carbocycles. The Labute approximate surface area is 133 Å². The number of carbonyl (C=O) groups is 1. The molecule has 0 saturated heterocycles. The fraction of sp³-hybridized carbons (Fsp3) is 0.294. The lowest BCUT2D eigenvalue weighted by molar-refractivity contribution is 0.0685. The summed E-state index contributed by atoms with van der Waals surface area (Å²) in [5, 5.41) is 21.2. The summed E-state index contributed by atoms with van der Waals surface area (Å²) < 4.78 is 1.94. The molecule has 23 heavy (non-hydrogen) atoms. The second kappa shape index (κ2) is 5.55. The predicted octanol–water partition coefficient (Wildman–Crippen LogP) is 2.61. The Morgan fingerprint density at radius 2 is 2.17 bits per heavy atom. The van der Waals surface area contributed by atoms with Crippen LogP contribution in [0.1, 0.15) is 29.0 Å². The van der Waals surface area contributed by atoms with Crippen LogP contribution in [-0.4, -0.2) is 32.4 Å². The number of nitrogens with zero attached hydrogens (tertiary/aromatic N) is 2. The molecule has 0 amide bonds. The SMILES string of the molecule is O=C(O)c1cc2cccc3c2n1CCCCNCc1[nH]ncc1-3. The molecule has 0 radical (unpaired) electrons. The molecule has 3 aromatic rings. The van der Waals surface area contributed by atoms with E-state index in [2.05, 4.69) is 15.5 Å². The molecule has 4 rings (SSSR count). The number of nitrogens with one attached hydrogen (secondary N) is 2. The van der Waals surface area contributed by atoms with Gasteiger partial charge in [-0.15, -0.1) is 0 Å². The maximum Gasteiger partial charge on any atom is 0.352 e. The standard InChI is InChI=1S/C17H18N4O2/c22-17(23)15-8-11-4-3-5-12-13-9-19-20-14(13)10-18-6-1-2-7-21(15)16(11)12/h3-5,8-9,18H,1-2,6-7,10H2,(H,19,20)(H,22,23). The van der Waals surface area contributed by atoms with Crippen molar-refractivity contribution in [3.63, 3.8) is 0 Å². The number of para-hydroxylation sites is 1. The van der Waals surface area contributed by atoms with Crippen molar-refractivity contribution in [2.75, 3.05) is 6.54 Å². The Kier molecular flexibility index (Phi) is 3.38. The Balaban J connectivity index is 2.03. The van der Waals surface area contributed by atoms with Crippen LogP contribution in [0.3, 0.4) is 0 Å². The number of carboxylic acid groups (broad SMARTS) is 1. The summed E-state index contributed by atoms with van der Waals surface area (Å²) in [6, 6.07) is 7.75. The van der Waals surface area contributed by atoms with Crippen LogP contribution in [0.25, 0.3) is 22.0 Å². The molecule has 1 aliphatic heterocycles. The monoisotopic (exact) mass is 310 g/mol. The third-order valence-corrected chi connectivity index (χ3v) is 4.43. The summed E-state index contributed by atoms with van der Waals surface area (Å²) in [4.78, 5) is 11.6. The molecule has 0 spiro atoms. The lowest BCUT2D eigenvalue weighted by Crippen LogP contribution is -2.16. The zero-order chi connectivity index (χ0) is 15.8. The van der Waals surface area contributed by atoms with Crippen molar-refractivity contribution in [3.8, 4) is 11.1 Å². The van der Waals surface area contributed by atoms with E-state index in [4.69, 9.17) is 0 Å². The van der Waals surface area contributed by atoms with Gasteiger partial charge in [0.15, 0.2) is 0 Å². The van der Waals surface area contributed by atoms with Gasteiger partial charge < -0.3 is 15.0 Å². The van der Waals surface area contributed by atoms with E-state index in [1.807, 2.05) is 29.0 Å². The Bertz CT molecular complexity index is 878. The van der Waals surface area contributed by atoms with E-state index in [-0.39, 0.29) is 0 Å². The molecule has 2 aromatic heterocycles. The van der Waals surface area contributed by atoms with Crippen molar-refractivity contribution < 1.29 is 9.90 Å². The second-order valence-corrected chi connectivity index (χ2v) is 5.88. The smallest absolute Gasteiger partial charge is 0.352 e. The summed E-state index contributed by atoms with van der Waals surface area (Å²) in [6.45, 7) is 2.34. The van der Waals surface area contributed by atoms with Crippen molar-refractivity contribution in [1.29, 1.82) is 0 Å². The summed E-state index contributed by atoms with van der Waals surface area (Å²) in [5.74, 6) is -0.882. The molecule has 118 valence electrons. The first-order valence-corrected chi connectivity index (χ1v) is 7.84. The molecule has 0 fully saturated rings. The molecule has 3 N–H and O–H groups in total. The fourth-order valence-electron chi connectivity index (χ4n) is 3.36. The van der Waals surface area contributed by atoms with Crippen molar-refractivity contribution in [2.24, 2.45) is 0 Å². The van der Waals surface area contributed by atoms with Crippen molar-refractivity contribution in [2.45, 2.75) is 25.9 Å². The molecular weight excluding hydrogens is 292 g/mol. The molecule has 0 atom stereocenters. The zero-order valence-corrected chi connectivity index (χ0v) is 12.7. The molecule has 0 unspecified atom stereocenters. The Morgan fingerprint density at radius 1 is 1.26 bits per heavy atom. The van der Waals surface area contributed by atoms with Gasteiger partial charge in [-0.25, -0.2) is 4.79 Å². The molecule has 1 aliphatic rings. The number of benzene rings is 1. The topological polar surface area (TPSA) is 82.9 Å². The van der Waals surface area contributed by atoms with Crippen LogP contribution in [0.4, 0.5) is 0 Å². The predicted molar refractivity (Wildman–Crippen MR) is 87.4 cm³/mol. The lowest BCUT2D eigenvalue weighted by atomic mass is 10.0. The Hall–Kier alpha value is -2.60. The number of aromatic nitrogens is 3. The highest BCUT2D eigenvalue weighted by molar-refractivity contribution is 6.01. The number of aromatic amines is 1. The normalized spacial score (nSPS) is 15.1. The van der Waals surface area contributed by atoms with Gasteiger partial charge >= 0.3 is 5.97 Å². The average Bonchev–Trinajstić information content (AvgIpc) is 3.14. The zero-order valence-electron chi connectivity index (χ0n) is 12.7. The maximum absolute atomic E-state index is 11.6. The summed E-state index contributed by atoms with van der Waals surface area (Å²) in [6.07, 6.45) is 3.77. The first-order chi connectivity index (χ1) is 11.3. The molecule has 6 nitrogen and oxygen atoms in total. The van der Waals surface area contributed by atoms with Gasteiger partial charge in [-0.2, -0.15) is 5.10 Å². The van der Waals surface area contributed by atoms with Gasteiger partial charge in [-0.1, -0.05) is 18.2 Å². The van der Waals surface area contributed by atoms with Gasteiger partial charge in [0, 0.05) is 29.6 Å².